The standard InChI is InChI=1S/C17H25BrN4O2/c1-3-22(4-2)16(23)12-21-9-5-6-13(11-21)17(24)20-15-8-7-14(18)10-19-15/h7-8,10,13H,3-6,9,11-12H2,1-2H3,(H,19,20,24). The van der Waals surface area contributed by atoms with Gasteiger partial charge in [-0.3, -0.25) is 14.5 Å². The molecule has 1 saturated heterocycles. The molecule has 2 heterocycles. The van der Waals surface area contributed by atoms with E-state index in [2.05, 4.69) is 31.1 Å². The molecule has 0 aromatic carbocycles. The third-order valence-electron chi connectivity index (χ3n) is 4.33. The van der Waals surface area contributed by atoms with Crippen LogP contribution in [-0.4, -0.2) is 59.3 Å². The van der Waals surface area contributed by atoms with E-state index in [4.69, 9.17) is 0 Å². The number of piperidine rings is 1. The van der Waals surface area contributed by atoms with Crippen molar-refractivity contribution in [2.45, 2.75) is 26.7 Å². The van der Waals surface area contributed by atoms with E-state index in [0.29, 0.717) is 18.9 Å². The Hall–Kier alpha value is -1.47. The molecule has 1 atom stereocenters. The van der Waals surface area contributed by atoms with E-state index < -0.39 is 0 Å². The molecule has 2 rings (SSSR count). The first-order chi connectivity index (χ1) is 11.5. The lowest BCUT2D eigenvalue weighted by molar-refractivity contribution is -0.133. The lowest BCUT2D eigenvalue weighted by Crippen LogP contribution is -2.46. The highest BCUT2D eigenvalue weighted by Gasteiger charge is 2.27. The second-order valence-electron chi connectivity index (χ2n) is 5.99. The number of likely N-dealkylation sites (tertiary alicyclic amines) is 1. The Morgan fingerprint density at radius 3 is 2.75 bits per heavy atom. The fraction of sp³-hybridized carbons (Fsp3) is 0.588. The maximum absolute atomic E-state index is 12.4. The smallest absolute Gasteiger partial charge is 0.236 e. The average Bonchev–Trinajstić information content (AvgIpc) is 2.58. The molecule has 1 aliphatic rings. The van der Waals surface area contributed by atoms with Gasteiger partial charge in [0.2, 0.25) is 11.8 Å². The van der Waals surface area contributed by atoms with Crippen molar-refractivity contribution in [3.05, 3.63) is 22.8 Å². The molecule has 0 spiro atoms. The van der Waals surface area contributed by atoms with E-state index in [1.165, 1.54) is 0 Å². The quantitative estimate of drug-likeness (QED) is 0.801. The van der Waals surface area contributed by atoms with Crippen molar-refractivity contribution < 1.29 is 9.59 Å². The fourth-order valence-electron chi connectivity index (χ4n) is 2.96. The zero-order chi connectivity index (χ0) is 17.5. The van der Waals surface area contributed by atoms with Crippen molar-refractivity contribution in [3.8, 4) is 0 Å². The van der Waals surface area contributed by atoms with Crippen molar-refractivity contribution in [2.75, 3.05) is 38.0 Å². The number of likely N-dealkylation sites (N-methyl/N-ethyl adjacent to an activating group) is 1. The third-order valence-corrected chi connectivity index (χ3v) is 4.80. The summed E-state index contributed by atoms with van der Waals surface area (Å²) in [5.74, 6) is 0.564. The van der Waals surface area contributed by atoms with E-state index >= 15 is 0 Å². The van der Waals surface area contributed by atoms with Crippen LogP contribution in [0.4, 0.5) is 5.82 Å². The largest absolute Gasteiger partial charge is 0.342 e. The van der Waals surface area contributed by atoms with Gasteiger partial charge in [0, 0.05) is 30.3 Å². The first-order valence-electron chi connectivity index (χ1n) is 8.46. The van der Waals surface area contributed by atoms with Crippen LogP contribution in [0.15, 0.2) is 22.8 Å². The van der Waals surface area contributed by atoms with Crippen molar-refractivity contribution in [1.29, 1.82) is 0 Å². The number of carbonyl (C=O) groups is 2. The first-order valence-corrected chi connectivity index (χ1v) is 9.25. The Morgan fingerprint density at radius 2 is 2.12 bits per heavy atom. The van der Waals surface area contributed by atoms with Crippen molar-refractivity contribution in [3.63, 3.8) is 0 Å². The molecule has 2 amide bonds. The van der Waals surface area contributed by atoms with E-state index in [-0.39, 0.29) is 17.7 Å². The molecule has 1 aliphatic heterocycles. The summed E-state index contributed by atoms with van der Waals surface area (Å²) in [6.45, 7) is 7.30. The van der Waals surface area contributed by atoms with E-state index in [1.807, 2.05) is 24.8 Å². The minimum atomic E-state index is -0.103. The number of hydrogen-bond donors (Lipinski definition) is 1. The molecule has 132 valence electrons. The van der Waals surface area contributed by atoms with Gasteiger partial charge in [-0.05, 0) is 61.3 Å². The SMILES string of the molecule is CCN(CC)C(=O)CN1CCCC(C(=O)Nc2ccc(Br)cn2)C1. The summed E-state index contributed by atoms with van der Waals surface area (Å²) in [5.41, 5.74) is 0. The predicted octanol–water partition coefficient (Wildman–Crippen LogP) is 2.36. The predicted molar refractivity (Wildman–Crippen MR) is 97.7 cm³/mol. The molecule has 0 saturated carbocycles. The Bertz CT molecular complexity index is 560. The number of nitrogens with one attached hydrogen (secondary N) is 1. The van der Waals surface area contributed by atoms with Crippen LogP contribution < -0.4 is 5.32 Å². The van der Waals surface area contributed by atoms with E-state index in [0.717, 1.165) is 36.9 Å². The topological polar surface area (TPSA) is 65.5 Å². The summed E-state index contributed by atoms with van der Waals surface area (Å²) < 4.78 is 0.874. The van der Waals surface area contributed by atoms with E-state index in [1.54, 1.807) is 12.3 Å². The molecule has 7 heteroatoms. The van der Waals surface area contributed by atoms with Gasteiger partial charge in [0.05, 0.1) is 12.5 Å². The molecular weight excluding hydrogens is 372 g/mol. The van der Waals surface area contributed by atoms with Gasteiger partial charge in [0.1, 0.15) is 5.82 Å². The Morgan fingerprint density at radius 1 is 1.38 bits per heavy atom. The summed E-state index contributed by atoms with van der Waals surface area (Å²) in [5, 5.41) is 2.86. The Balaban J connectivity index is 1.88. The molecule has 6 nitrogen and oxygen atoms in total. The second kappa shape index (κ2) is 9.13. The zero-order valence-corrected chi connectivity index (χ0v) is 15.9. The molecule has 0 bridgehead atoms. The monoisotopic (exact) mass is 396 g/mol. The number of carbonyl (C=O) groups excluding carboxylic acids is 2. The maximum atomic E-state index is 12.4. The number of nitrogens with zero attached hydrogens (tertiary/aromatic N) is 3. The van der Waals surface area contributed by atoms with Crippen molar-refractivity contribution in [2.24, 2.45) is 5.92 Å². The van der Waals surface area contributed by atoms with Crippen molar-refractivity contribution in [1.82, 2.24) is 14.8 Å². The normalized spacial score (nSPS) is 18.2. The zero-order valence-electron chi connectivity index (χ0n) is 14.3. The third kappa shape index (κ3) is 5.27. The van der Waals surface area contributed by atoms with Gasteiger partial charge < -0.3 is 10.2 Å². The van der Waals surface area contributed by atoms with Crippen LogP contribution in [0.1, 0.15) is 26.7 Å². The Labute approximate surface area is 151 Å². The molecule has 1 N–H and O–H groups in total. The van der Waals surface area contributed by atoms with Crippen LogP contribution in [0.2, 0.25) is 0 Å². The first kappa shape index (κ1) is 18.9. The highest BCUT2D eigenvalue weighted by Crippen LogP contribution is 2.19. The van der Waals surface area contributed by atoms with Gasteiger partial charge in [-0.2, -0.15) is 0 Å². The van der Waals surface area contributed by atoms with Crippen LogP contribution >= 0.6 is 15.9 Å². The number of pyridine rings is 1. The number of amides is 2. The van der Waals surface area contributed by atoms with Crippen LogP contribution in [0.3, 0.4) is 0 Å². The van der Waals surface area contributed by atoms with Gasteiger partial charge in [-0.25, -0.2) is 4.98 Å². The van der Waals surface area contributed by atoms with Gasteiger partial charge in [-0.1, -0.05) is 0 Å². The van der Waals surface area contributed by atoms with E-state index in [9.17, 15) is 9.59 Å². The minimum absolute atomic E-state index is 0.0233. The second-order valence-corrected chi connectivity index (χ2v) is 6.91. The molecule has 1 aromatic heterocycles. The number of rotatable bonds is 6. The van der Waals surface area contributed by atoms with Crippen LogP contribution in [0.25, 0.3) is 0 Å². The van der Waals surface area contributed by atoms with Gasteiger partial charge >= 0.3 is 0 Å². The summed E-state index contributed by atoms with van der Waals surface area (Å²) in [6.07, 6.45) is 3.43. The fourth-order valence-corrected chi connectivity index (χ4v) is 3.19. The average molecular weight is 397 g/mol. The van der Waals surface area contributed by atoms with Crippen LogP contribution in [0.5, 0.6) is 0 Å². The molecular formula is C17H25BrN4O2. The molecule has 1 fully saturated rings. The molecule has 0 radical (unpaired) electrons. The number of anilines is 1. The minimum Gasteiger partial charge on any atom is -0.342 e. The van der Waals surface area contributed by atoms with Crippen LogP contribution in [0, 0.1) is 5.92 Å². The van der Waals surface area contributed by atoms with Gasteiger partial charge in [0.25, 0.3) is 0 Å². The summed E-state index contributed by atoms with van der Waals surface area (Å²) >= 11 is 3.32. The van der Waals surface area contributed by atoms with Crippen LogP contribution in [-0.2, 0) is 9.59 Å². The number of halogens is 1. The summed E-state index contributed by atoms with van der Waals surface area (Å²) in [6, 6.07) is 3.62. The molecule has 0 aliphatic carbocycles. The number of hydrogen-bond acceptors (Lipinski definition) is 4. The Kier molecular flexibility index (Phi) is 7.17. The van der Waals surface area contributed by atoms with Gasteiger partial charge in [0.15, 0.2) is 0 Å². The lowest BCUT2D eigenvalue weighted by Gasteiger charge is -2.32. The van der Waals surface area contributed by atoms with Gasteiger partial charge in [-0.15, -0.1) is 0 Å². The highest BCUT2D eigenvalue weighted by atomic mass is 79.9. The maximum Gasteiger partial charge on any atom is 0.236 e. The lowest BCUT2D eigenvalue weighted by atomic mass is 9.97. The molecule has 24 heavy (non-hydrogen) atoms. The number of aromatic nitrogens is 1. The van der Waals surface area contributed by atoms with Crippen molar-refractivity contribution >= 4 is 33.6 Å². The highest BCUT2D eigenvalue weighted by molar-refractivity contribution is 9.10. The summed E-state index contributed by atoms with van der Waals surface area (Å²) in [4.78, 5) is 32.8. The molecule has 1 aromatic rings. The molecule has 1 unspecified atom stereocenters. The summed E-state index contributed by atoms with van der Waals surface area (Å²) in [7, 11) is 0.